The van der Waals surface area contributed by atoms with E-state index in [1.54, 1.807) is 6.92 Å². The minimum atomic E-state index is -3.56. The van der Waals surface area contributed by atoms with E-state index in [-0.39, 0.29) is 6.16 Å². The van der Waals surface area contributed by atoms with Gasteiger partial charge in [0.2, 0.25) is 0 Å². The summed E-state index contributed by atoms with van der Waals surface area (Å²) in [5, 5.41) is 0. The summed E-state index contributed by atoms with van der Waals surface area (Å²) in [6, 6.07) is -0.574. The van der Waals surface area contributed by atoms with Crippen LogP contribution in [0.2, 0.25) is 0 Å². The molecule has 0 amide bonds. The van der Waals surface area contributed by atoms with E-state index in [1.807, 2.05) is 6.92 Å². The number of ether oxygens (including phenoxy) is 2. The molecule has 0 spiro atoms. The lowest BCUT2D eigenvalue weighted by molar-refractivity contribution is -0.117. The fourth-order valence-corrected chi connectivity index (χ4v) is 3.02. The van der Waals surface area contributed by atoms with Gasteiger partial charge in [0.15, 0.2) is 0 Å². The second-order valence-electron chi connectivity index (χ2n) is 4.26. The first-order valence-corrected chi connectivity index (χ1v) is 7.25. The molecule has 5 atom stereocenters. The Hall–Kier alpha value is 0.135. The zero-order chi connectivity index (χ0) is 12.0. The summed E-state index contributed by atoms with van der Waals surface area (Å²) in [6.07, 6.45) is -0.258. The SMILES string of the molecule is [B][C@@H]1O[C@@]2(CC)COC1C2OP(=O)(O)CC. The highest BCUT2D eigenvalue weighted by Crippen LogP contribution is 2.52. The lowest BCUT2D eigenvalue weighted by Crippen LogP contribution is -2.41. The third-order valence-corrected chi connectivity index (χ3v) is 4.66. The summed E-state index contributed by atoms with van der Waals surface area (Å²) in [4.78, 5) is 9.52. The molecule has 2 aliphatic heterocycles. The van der Waals surface area contributed by atoms with E-state index >= 15 is 0 Å². The van der Waals surface area contributed by atoms with Gasteiger partial charge in [0, 0.05) is 12.2 Å². The maximum absolute atomic E-state index is 11.6. The molecule has 5 nitrogen and oxygen atoms in total. The molecule has 2 fully saturated rings. The summed E-state index contributed by atoms with van der Waals surface area (Å²) >= 11 is 0. The van der Waals surface area contributed by atoms with Gasteiger partial charge in [-0.1, -0.05) is 13.8 Å². The highest BCUT2D eigenvalue weighted by molar-refractivity contribution is 7.52. The molecular formula is C9H16BO5P. The van der Waals surface area contributed by atoms with Crippen LogP contribution in [-0.4, -0.2) is 49.3 Å². The molecule has 2 bridgehead atoms. The molecule has 2 rings (SSSR count). The van der Waals surface area contributed by atoms with Crippen molar-refractivity contribution in [3.05, 3.63) is 0 Å². The highest BCUT2D eigenvalue weighted by Gasteiger charge is 2.60. The molecule has 2 heterocycles. The molecule has 16 heavy (non-hydrogen) atoms. The van der Waals surface area contributed by atoms with Gasteiger partial charge in [0.1, 0.15) is 25.7 Å². The average molecular weight is 246 g/mol. The summed E-state index contributed by atoms with van der Waals surface area (Å²) in [5.74, 6) is 0. The van der Waals surface area contributed by atoms with Crippen LogP contribution in [0.4, 0.5) is 0 Å². The van der Waals surface area contributed by atoms with Crippen molar-refractivity contribution in [1.82, 2.24) is 0 Å². The first-order chi connectivity index (χ1) is 7.44. The van der Waals surface area contributed by atoms with Gasteiger partial charge in [-0.3, -0.25) is 9.09 Å². The number of rotatable bonds is 4. The molecule has 2 saturated heterocycles. The summed E-state index contributed by atoms with van der Waals surface area (Å²) in [7, 11) is 2.18. The number of hydrogen-bond donors (Lipinski definition) is 1. The van der Waals surface area contributed by atoms with Gasteiger partial charge in [0.25, 0.3) is 0 Å². The third kappa shape index (κ3) is 1.87. The van der Waals surface area contributed by atoms with Crippen LogP contribution in [0, 0.1) is 0 Å². The van der Waals surface area contributed by atoms with Crippen LogP contribution in [0.1, 0.15) is 20.3 Å². The number of fused-ring (bicyclic) bond motifs is 2. The smallest absolute Gasteiger partial charge is 0.328 e. The van der Waals surface area contributed by atoms with E-state index in [4.69, 9.17) is 21.8 Å². The molecule has 0 aromatic carbocycles. The van der Waals surface area contributed by atoms with E-state index in [9.17, 15) is 9.46 Å². The van der Waals surface area contributed by atoms with Crippen molar-refractivity contribution in [2.45, 2.75) is 44.1 Å². The first kappa shape index (κ1) is 12.6. The molecule has 0 aromatic rings. The van der Waals surface area contributed by atoms with Crippen molar-refractivity contribution in [3.8, 4) is 0 Å². The Morgan fingerprint density at radius 1 is 1.62 bits per heavy atom. The van der Waals surface area contributed by atoms with Crippen molar-refractivity contribution in [3.63, 3.8) is 0 Å². The highest BCUT2D eigenvalue weighted by atomic mass is 31.2. The van der Waals surface area contributed by atoms with Crippen LogP contribution >= 0.6 is 7.60 Å². The van der Waals surface area contributed by atoms with Crippen LogP contribution in [0.15, 0.2) is 0 Å². The molecule has 0 aliphatic carbocycles. The van der Waals surface area contributed by atoms with Crippen LogP contribution < -0.4 is 0 Å². The largest absolute Gasteiger partial charge is 0.374 e. The molecule has 2 radical (unpaired) electrons. The third-order valence-electron chi connectivity index (χ3n) is 3.31. The van der Waals surface area contributed by atoms with Gasteiger partial charge >= 0.3 is 7.60 Å². The monoisotopic (exact) mass is 246 g/mol. The summed E-state index contributed by atoms with van der Waals surface area (Å²) < 4.78 is 27.9. The Balaban J connectivity index is 2.18. The van der Waals surface area contributed by atoms with Gasteiger partial charge in [-0.25, -0.2) is 0 Å². The van der Waals surface area contributed by atoms with E-state index in [0.717, 1.165) is 0 Å². The van der Waals surface area contributed by atoms with Gasteiger partial charge in [-0.2, -0.15) is 0 Å². The van der Waals surface area contributed by atoms with E-state index in [1.165, 1.54) is 0 Å². The predicted molar refractivity (Wildman–Crippen MR) is 58.6 cm³/mol. The molecule has 90 valence electrons. The standard InChI is InChI=1S/C9H16BO5P/c1-3-9-5-13-6(8(10)14-9)7(9)15-16(11,12)4-2/h6-8H,3-5H2,1-2H3,(H,11,12)/t6?,7?,8-,9+/m1/s1. The predicted octanol–water partition coefficient (Wildman–Crippen LogP) is 0.649. The van der Waals surface area contributed by atoms with E-state index in [2.05, 4.69) is 0 Å². The van der Waals surface area contributed by atoms with E-state index in [0.29, 0.717) is 13.0 Å². The Morgan fingerprint density at radius 3 is 2.81 bits per heavy atom. The van der Waals surface area contributed by atoms with Crippen LogP contribution in [0.5, 0.6) is 0 Å². The van der Waals surface area contributed by atoms with Crippen LogP contribution in [0.3, 0.4) is 0 Å². The van der Waals surface area contributed by atoms with Crippen molar-refractivity contribution < 1.29 is 23.5 Å². The Morgan fingerprint density at radius 2 is 2.31 bits per heavy atom. The summed E-state index contributed by atoms with van der Waals surface area (Å²) in [5.41, 5.74) is -0.655. The van der Waals surface area contributed by atoms with Crippen molar-refractivity contribution >= 4 is 15.4 Å². The van der Waals surface area contributed by atoms with Gasteiger partial charge in [-0.05, 0) is 6.42 Å². The molecular weight excluding hydrogens is 230 g/mol. The second-order valence-corrected chi connectivity index (χ2v) is 6.37. The zero-order valence-electron chi connectivity index (χ0n) is 9.46. The minimum Gasteiger partial charge on any atom is -0.374 e. The van der Waals surface area contributed by atoms with Crippen LogP contribution in [0.25, 0.3) is 0 Å². The van der Waals surface area contributed by atoms with Crippen molar-refractivity contribution in [2.75, 3.05) is 12.8 Å². The quantitative estimate of drug-likeness (QED) is 0.582. The number of hydrogen-bond acceptors (Lipinski definition) is 4. The van der Waals surface area contributed by atoms with E-state index < -0.39 is 31.4 Å². The Labute approximate surface area is 96.4 Å². The molecule has 3 unspecified atom stereocenters. The van der Waals surface area contributed by atoms with Gasteiger partial charge < -0.3 is 14.4 Å². The van der Waals surface area contributed by atoms with Gasteiger partial charge in [0.05, 0.1) is 6.61 Å². The fourth-order valence-electron chi connectivity index (χ4n) is 2.21. The molecule has 0 saturated carbocycles. The normalized spacial score (nSPS) is 45.8. The molecule has 2 aliphatic rings. The minimum absolute atomic E-state index is 0.0747. The lowest BCUT2D eigenvalue weighted by atomic mass is 9.91. The molecule has 1 N–H and O–H groups in total. The molecule has 7 heteroatoms. The Bertz CT molecular complexity index is 325. The fraction of sp³-hybridized carbons (Fsp3) is 1.00. The summed E-state index contributed by atoms with van der Waals surface area (Å²) in [6.45, 7) is 3.91. The average Bonchev–Trinajstić information content (AvgIpc) is 2.70. The maximum Gasteiger partial charge on any atom is 0.328 e. The van der Waals surface area contributed by atoms with Gasteiger partial charge in [-0.15, -0.1) is 0 Å². The zero-order valence-corrected chi connectivity index (χ0v) is 10.4. The van der Waals surface area contributed by atoms with Crippen molar-refractivity contribution in [1.29, 1.82) is 0 Å². The topological polar surface area (TPSA) is 65.0 Å². The van der Waals surface area contributed by atoms with Crippen molar-refractivity contribution in [2.24, 2.45) is 0 Å². The molecule has 0 aromatic heterocycles. The maximum atomic E-state index is 11.6. The lowest BCUT2D eigenvalue weighted by Gasteiger charge is -2.30. The second kappa shape index (κ2) is 4.11. The Kier molecular flexibility index (Phi) is 3.23. The first-order valence-electron chi connectivity index (χ1n) is 5.49. The van der Waals surface area contributed by atoms with Crippen LogP contribution in [-0.2, 0) is 18.6 Å².